The fourth-order valence-corrected chi connectivity index (χ4v) is 1.88. The first-order valence-corrected chi connectivity index (χ1v) is 6.35. The number of methoxy groups -OCH3 is 1. The van der Waals surface area contributed by atoms with Crippen molar-refractivity contribution in [2.45, 2.75) is 26.3 Å². The van der Waals surface area contributed by atoms with Crippen molar-refractivity contribution < 1.29 is 14.6 Å². The zero-order chi connectivity index (χ0) is 14.4. The molecule has 5 heteroatoms. The van der Waals surface area contributed by atoms with Gasteiger partial charge >= 0.3 is 0 Å². The summed E-state index contributed by atoms with van der Waals surface area (Å²) in [5.74, 6) is 0.256. The largest absolute Gasteiger partial charge is 0.504 e. The van der Waals surface area contributed by atoms with E-state index in [2.05, 4.69) is 19.2 Å². The third-order valence-electron chi connectivity index (χ3n) is 2.76. The Kier molecular flexibility index (Phi) is 5.63. The number of nitrogens with one attached hydrogen (secondary N) is 1. The van der Waals surface area contributed by atoms with Crippen molar-refractivity contribution in [1.29, 1.82) is 0 Å². The molecule has 0 radical (unpaired) electrons. The topological polar surface area (TPSA) is 84.6 Å². The molecule has 1 rings (SSSR count). The minimum absolute atomic E-state index is 0.0864. The molecule has 106 valence electrons. The summed E-state index contributed by atoms with van der Waals surface area (Å²) in [6, 6.07) is 4.70. The number of phenolic OH excluding ortho intramolecular Hbond substituents is 1. The van der Waals surface area contributed by atoms with Crippen LogP contribution in [0.25, 0.3) is 0 Å². The van der Waals surface area contributed by atoms with E-state index >= 15 is 0 Å². The van der Waals surface area contributed by atoms with Gasteiger partial charge in [0.2, 0.25) is 0 Å². The fourth-order valence-electron chi connectivity index (χ4n) is 1.88. The molecule has 19 heavy (non-hydrogen) atoms. The van der Waals surface area contributed by atoms with Crippen molar-refractivity contribution in [3.05, 3.63) is 23.8 Å². The summed E-state index contributed by atoms with van der Waals surface area (Å²) < 4.78 is 4.96. The molecule has 1 unspecified atom stereocenters. The van der Waals surface area contributed by atoms with E-state index in [1.807, 2.05) is 0 Å². The van der Waals surface area contributed by atoms with E-state index in [-0.39, 0.29) is 29.0 Å². The summed E-state index contributed by atoms with van der Waals surface area (Å²) >= 11 is 0. The molecule has 0 aliphatic rings. The molecular weight excluding hydrogens is 244 g/mol. The predicted octanol–water partition coefficient (Wildman–Crippen LogP) is 1.50. The first-order valence-electron chi connectivity index (χ1n) is 6.35. The van der Waals surface area contributed by atoms with Gasteiger partial charge in [-0.05, 0) is 24.5 Å². The average molecular weight is 266 g/mol. The van der Waals surface area contributed by atoms with Crippen molar-refractivity contribution in [2.75, 3.05) is 13.7 Å². The van der Waals surface area contributed by atoms with Gasteiger partial charge in [-0.25, -0.2) is 0 Å². The monoisotopic (exact) mass is 266 g/mol. The molecule has 5 nitrogen and oxygen atoms in total. The molecule has 1 aromatic rings. The maximum absolute atomic E-state index is 11.9. The lowest BCUT2D eigenvalue weighted by Gasteiger charge is -2.15. The van der Waals surface area contributed by atoms with Crippen molar-refractivity contribution in [3.63, 3.8) is 0 Å². The highest BCUT2D eigenvalue weighted by molar-refractivity contribution is 5.97. The van der Waals surface area contributed by atoms with Gasteiger partial charge in [0.05, 0.1) is 12.7 Å². The normalized spacial score (nSPS) is 12.3. The molecule has 1 amide bonds. The summed E-state index contributed by atoms with van der Waals surface area (Å²) in [5, 5.41) is 12.6. The molecule has 4 N–H and O–H groups in total. The number of para-hydroxylation sites is 1. The number of aromatic hydroxyl groups is 1. The maximum atomic E-state index is 11.9. The van der Waals surface area contributed by atoms with Crippen molar-refractivity contribution >= 4 is 5.91 Å². The number of ether oxygens (including phenoxy) is 1. The van der Waals surface area contributed by atoms with Crippen LogP contribution in [0.5, 0.6) is 11.5 Å². The third-order valence-corrected chi connectivity index (χ3v) is 2.76. The zero-order valence-corrected chi connectivity index (χ0v) is 11.6. The van der Waals surface area contributed by atoms with Crippen molar-refractivity contribution in [1.82, 2.24) is 5.32 Å². The number of amides is 1. The highest BCUT2D eigenvalue weighted by Crippen LogP contribution is 2.29. The number of benzene rings is 1. The molecular formula is C14H22N2O3. The lowest BCUT2D eigenvalue weighted by atomic mass is 10.0. The van der Waals surface area contributed by atoms with E-state index in [1.165, 1.54) is 7.11 Å². The maximum Gasteiger partial charge on any atom is 0.255 e. The predicted molar refractivity (Wildman–Crippen MR) is 74.4 cm³/mol. The Labute approximate surface area is 113 Å². The average Bonchev–Trinajstić information content (AvgIpc) is 2.35. The zero-order valence-electron chi connectivity index (χ0n) is 11.6. The second kappa shape index (κ2) is 6.99. The van der Waals surface area contributed by atoms with Gasteiger partial charge in [-0.1, -0.05) is 19.9 Å². The summed E-state index contributed by atoms with van der Waals surface area (Å²) in [4.78, 5) is 11.9. The SMILES string of the molecule is COc1cccc(C(=O)NCC(N)CC(C)C)c1O. The number of hydrogen-bond donors (Lipinski definition) is 3. The second-order valence-electron chi connectivity index (χ2n) is 4.96. The molecule has 0 aliphatic heterocycles. The third kappa shape index (κ3) is 4.44. The molecule has 0 heterocycles. The lowest BCUT2D eigenvalue weighted by Crippen LogP contribution is -2.38. The van der Waals surface area contributed by atoms with Gasteiger partial charge in [0.15, 0.2) is 11.5 Å². The van der Waals surface area contributed by atoms with Crippen LogP contribution >= 0.6 is 0 Å². The van der Waals surface area contributed by atoms with Gasteiger partial charge in [-0.2, -0.15) is 0 Å². The Morgan fingerprint density at radius 1 is 1.47 bits per heavy atom. The number of nitrogens with two attached hydrogens (primary N) is 1. The molecule has 0 aromatic heterocycles. The number of carbonyl (C=O) groups excluding carboxylic acids is 1. The standard InChI is InChI=1S/C14H22N2O3/c1-9(2)7-10(15)8-16-14(18)11-5-4-6-12(19-3)13(11)17/h4-6,9-10,17H,7-8,15H2,1-3H3,(H,16,18). The van der Waals surface area contributed by atoms with E-state index in [4.69, 9.17) is 10.5 Å². The highest BCUT2D eigenvalue weighted by atomic mass is 16.5. The van der Waals surface area contributed by atoms with E-state index in [1.54, 1.807) is 18.2 Å². The molecule has 0 saturated heterocycles. The summed E-state index contributed by atoms with van der Waals surface area (Å²) in [6.07, 6.45) is 0.838. The van der Waals surface area contributed by atoms with Crippen LogP contribution in [0.15, 0.2) is 18.2 Å². The van der Waals surface area contributed by atoms with Crippen molar-refractivity contribution in [3.8, 4) is 11.5 Å². The minimum Gasteiger partial charge on any atom is -0.504 e. The van der Waals surface area contributed by atoms with E-state index < -0.39 is 0 Å². The molecule has 0 bridgehead atoms. The number of phenols is 1. The van der Waals surface area contributed by atoms with E-state index in [0.717, 1.165) is 6.42 Å². The Balaban J connectivity index is 2.64. The number of hydrogen-bond acceptors (Lipinski definition) is 4. The van der Waals surface area contributed by atoms with Crippen LogP contribution in [0, 0.1) is 5.92 Å². The van der Waals surface area contributed by atoms with Crippen LogP contribution in [-0.2, 0) is 0 Å². The van der Waals surface area contributed by atoms with Gasteiger partial charge in [-0.3, -0.25) is 4.79 Å². The molecule has 0 spiro atoms. The van der Waals surface area contributed by atoms with Crippen LogP contribution in [0.3, 0.4) is 0 Å². The van der Waals surface area contributed by atoms with Gasteiger partial charge in [0, 0.05) is 12.6 Å². The van der Waals surface area contributed by atoms with Gasteiger partial charge < -0.3 is 20.9 Å². The van der Waals surface area contributed by atoms with Gasteiger partial charge in [-0.15, -0.1) is 0 Å². The number of rotatable bonds is 6. The van der Waals surface area contributed by atoms with Gasteiger partial charge in [0.1, 0.15) is 0 Å². The first-order chi connectivity index (χ1) is 8.95. The van der Waals surface area contributed by atoms with Crippen LogP contribution in [0.4, 0.5) is 0 Å². The number of carbonyl (C=O) groups is 1. The second-order valence-corrected chi connectivity index (χ2v) is 4.96. The van der Waals surface area contributed by atoms with E-state index in [0.29, 0.717) is 12.5 Å². The van der Waals surface area contributed by atoms with Crippen LogP contribution in [0.2, 0.25) is 0 Å². The Morgan fingerprint density at radius 3 is 2.74 bits per heavy atom. The van der Waals surface area contributed by atoms with E-state index in [9.17, 15) is 9.90 Å². The molecule has 0 saturated carbocycles. The minimum atomic E-state index is -0.351. The molecule has 0 fully saturated rings. The van der Waals surface area contributed by atoms with Crippen LogP contribution in [0.1, 0.15) is 30.6 Å². The van der Waals surface area contributed by atoms with Crippen LogP contribution in [-0.4, -0.2) is 30.7 Å². The van der Waals surface area contributed by atoms with Crippen molar-refractivity contribution in [2.24, 2.45) is 11.7 Å². The highest BCUT2D eigenvalue weighted by Gasteiger charge is 2.15. The quantitative estimate of drug-likeness (QED) is 0.728. The molecule has 1 atom stereocenters. The molecule has 0 aliphatic carbocycles. The van der Waals surface area contributed by atoms with Gasteiger partial charge in [0.25, 0.3) is 5.91 Å². The first kappa shape index (κ1) is 15.3. The smallest absolute Gasteiger partial charge is 0.255 e. The summed E-state index contributed by atoms with van der Waals surface area (Å²) in [7, 11) is 1.44. The summed E-state index contributed by atoms with van der Waals surface area (Å²) in [6.45, 7) is 4.54. The molecule has 1 aromatic carbocycles. The Hall–Kier alpha value is -1.75. The Morgan fingerprint density at radius 2 is 2.16 bits per heavy atom. The summed E-state index contributed by atoms with van der Waals surface area (Å²) in [5.41, 5.74) is 6.08. The van der Waals surface area contributed by atoms with Crippen LogP contribution < -0.4 is 15.8 Å². The fraction of sp³-hybridized carbons (Fsp3) is 0.500. The Bertz CT molecular complexity index is 433. The lowest BCUT2D eigenvalue weighted by molar-refractivity contribution is 0.0947.